The summed E-state index contributed by atoms with van der Waals surface area (Å²) in [6, 6.07) is 12.3. The first-order valence-electron chi connectivity index (χ1n) is 10.3. The Morgan fingerprint density at radius 2 is 1.93 bits per heavy atom. The van der Waals surface area contributed by atoms with Gasteiger partial charge in [0.05, 0.1) is 0 Å². The molecule has 0 bridgehead atoms. The Kier molecular flexibility index (Phi) is 5.17. The van der Waals surface area contributed by atoms with Gasteiger partial charge in [0.2, 0.25) is 0 Å². The largest absolute Gasteiger partial charge is 0.477 e. The number of allylic oxidation sites excluding steroid dienone is 4. The molecule has 0 atom stereocenters. The highest BCUT2D eigenvalue weighted by Gasteiger charge is 2.28. The summed E-state index contributed by atoms with van der Waals surface area (Å²) in [6.45, 7) is 6.60. The standard InChI is InChI=1S/C26H25NO3/c1-4-18-10-12-22-21(14-18)24(20-7-5-6-8-23(20)28)25(26(29)30)27(22)15-19-11-9-16(2)13-17(19)3/h5-7,9-14H,4,8,15H2,1-3H3,(H,29,30). The third-order valence-electron chi connectivity index (χ3n) is 5.84. The van der Waals surface area contributed by atoms with Gasteiger partial charge >= 0.3 is 5.97 Å². The highest BCUT2D eigenvalue weighted by Crippen LogP contribution is 2.35. The normalized spacial score (nSPS) is 13.7. The number of fused-ring (bicyclic) bond motifs is 1. The van der Waals surface area contributed by atoms with Crippen molar-refractivity contribution in [1.29, 1.82) is 0 Å². The van der Waals surface area contributed by atoms with Crippen molar-refractivity contribution in [1.82, 2.24) is 4.57 Å². The van der Waals surface area contributed by atoms with Crippen molar-refractivity contribution in [2.45, 2.75) is 40.2 Å². The number of rotatable bonds is 5. The van der Waals surface area contributed by atoms with Crippen molar-refractivity contribution < 1.29 is 14.7 Å². The lowest BCUT2D eigenvalue weighted by atomic mass is 9.93. The van der Waals surface area contributed by atoms with E-state index in [1.165, 1.54) is 5.56 Å². The van der Waals surface area contributed by atoms with E-state index < -0.39 is 5.97 Å². The Morgan fingerprint density at radius 3 is 2.60 bits per heavy atom. The maximum atomic E-state index is 12.7. The van der Waals surface area contributed by atoms with Crippen LogP contribution < -0.4 is 0 Å². The van der Waals surface area contributed by atoms with Gasteiger partial charge in [0.15, 0.2) is 5.78 Å². The molecule has 1 heterocycles. The summed E-state index contributed by atoms with van der Waals surface area (Å²) in [6.07, 6.45) is 6.51. The molecule has 0 unspecified atom stereocenters. The van der Waals surface area contributed by atoms with Crippen LogP contribution in [0, 0.1) is 13.8 Å². The van der Waals surface area contributed by atoms with Crippen molar-refractivity contribution in [3.05, 3.63) is 88.1 Å². The molecule has 0 amide bonds. The number of aromatic carboxylic acids is 1. The first-order valence-corrected chi connectivity index (χ1v) is 10.3. The van der Waals surface area contributed by atoms with Gasteiger partial charge in [0.25, 0.3) is 0 Å². The molecular formula is C26H25NO3. The van der Waals surface area contributed by atoms with E-state index in [1.54, 1.807) is 12.2 Å². The molecule has 0 spiro atoms. The number of nitrogens with zero attached hydrogens (tertiary/aromatic N) is 1. The predicted molar refractivity (Wildman–Crippen MR) is 120 cm³/mol. The van der Waals surface area contributed by atoms with Crippen LogP contribution in [-0.4, -0.2) is 21.4 Å². The van der Waals surface area contributed by atoms with E-state index in [2.05, 4.69) is 19.1 Å². The summed E-state index contributed by atoms with van der Waals surface area (Å²) < 4.78 is 1.84. The topological polar surface area (TPSA) is 59.3 Å². The SMILES string of the molecule is CCc1ccc2c(c1)c(C1=CC=CCC1=O)c(C(=O)O)n2Cc1ccc(C)cc1C. The molecule has 2 aromatic carbocycles. The monoisotopic (exact) mass is 399 g/mol. The lowest BCUT2D eigenvalue weighted by Gasteiger charge is -2.13. The van der Waals surface area contributed by atoms with Crippen LogP contribution in [0.2, 0.25) is 0 Å². The van der Waals surface area contributed by atoms with Gasteiger partial charge in [0.1, 0.15) is 5.69 Å². The molecule has 0 radical (unpaired) electrons. The Balaban J connectivity index is 2.03. The lowest BCUT2D eigenvalue weighted by Crippen LogP contribution is -2.14. The van der Waals surface area contributed by atoms with Gasteiger partial charge in [-0.1, -0.05) is 55.0 Å². The summed E-state index contributed by atoms with van der Waals surface area (Å²) in [5.41, 5.74) is 6.50. The molecule has 4 rings (SSSR count). The fraction of sp³-hybridized carbons (Fsp3) is 0.231. The average Bonchev–Trinajstić information content (AvgIpc) is 3.04. The van der Waals surface area contributed by atoms with E-state index in [4.69, 9.17) is 0 Å². The molecule has 0 aliphatic heterocycles. The molecule has 1 aliphatic carbocycles. The van der Waals surface area contributed by atoms with Crippen LogP contribution in [0.1, 0.15) is 51.7 Å². The number of carboxylic acids is 1. The number of hydrogen-bond acceptors (Lipinski definition) is 2. The number of carboxylic acid groups (broad SMARTS) is 1. The van der Waals surface area contributed by atoms with Gasteiger partial charge in [-0.05, 0) is 49.1 Å². The molecule has 152 valence electrons. The Labute approximate surface area is 176 Å². The summed E-state index contributed by atoms with van der Waals surface area (Å²) in [7, 11) is 0. The predicted octanol–water partition coefficient (Wildman–Crippen LogP) is 5.48. The van der Waals surface area contributed by atoms with Crippen LogP contribution >= 0.6 is 0 Å². The van der Waals surface area contributed by atoms with E-state index in [9.17, 15) is 14.7 Å². The van der Waals surface area contributed by atoms with Gasteiger partial charge in [-0.25, -0.2) is 4.79 Å². The minimum atomic E-state index is -1.02. The summed E-state index contributed by atoms with van der Waals surface area (Å²) in [5.74, 6) is -1.07. The Morgan fingerprint density at radius 1 is 1.13 bits per heavy atom. The zero-order chi connectivity index (χ0) is 21.4. The quantitative estimate of drug-likeness (QED) is 0.618. The number of aryl methyl sites for hydroxylation is 3. The van der Waals surface area contributed by atoms with Crippen LogP contribution in [0.25, 0.3) is 16.5 Å². The second kappa shape index (κ2) is 7.79. The maximum Gasteiger partial charge on any atom is 0.353 e. The van der Waals surface area contributed by atoms with Crippen LogP contribution in [0.5, 0.6) is 0 Å². The van der Waals surface area contributed by atoms with Crippen molar-refractivity contribution in [3.63, 3.8) is 0 Å². The second-order valence-electron chi connectivity index (χ2n) is 7.89. The van der Waals surface area contributed by atoms with Gasteiger partial charge < -0.3 is 9.67 Å². The maximum absolute atomic E-state index is 12.7. The van der Waals surface area contributed by atoms with Crippen LogP contribution in [0.15, 0.2) is 54.6 Å². The van der Waals surface area contributed by atoms with Gasteiger partial charge in [-0.15, -0.1) is 0 Å². The summed E-state index contributed by atoms with van der Waals surface area (Å²) in [5, 5.41) is 11.0. The number of ketones is 1. The summed E-state index contributed by atoms with van der Waals surface area (Å²) in [4.78, 5) is 25.2. The number of aromatic nitrogens is 1. The first kappa shape index (κ1) is 19.9. The van der Waals surface area contributed by atoms with Crippen LogP contribution in [0.4, 0.5) is 0 Å². The van der Waals surface area contributed by atoms with Crippen molar-refractivity contribution in [2.24, 2.45) is 0 Å². The van der Waals surface area contributed by atoms with Crippen LogP contribution in [0.3, 0.4) is 0 Å². The van der Waals surface area contributed by atoms with E-state index in [0.29, 0.717) is 24.1 Å². The molecule has 4 heteroatoms. The molecular weight excluding hydrogens is 374 g/mol. The summed E-state index contributed by atoms with van der Waals surface area (Å²) >= 11 is 0. The zero-order valence-corrected chi connectivity index (χ0v) is 17.5. The molecule has 0 saturated carbocycles. The molecule has 30 heavy (non-hydrogen) atoms. The Hall–Kier alpha value is -3.40. The zero-order valence-electron chi connectivity index (χ0n) is 17.5. The fourth-order valence-electron chi connectivity index (χ4n) is 4.24. The highest BCUT2D eigenvalue weighted by atomic mass is 16.4. The Bertz CT molecular complexity index is 1240. The van der Waals surface area contributed by atoms with Crippen LogP contribution in [-0.2, 0) is 17.8 Å². The van der Waals surface area contributed by atoms with E-state index in [-0.39, 0.29) is 11.5 Å². The number of carbonyl (C=O) groups excluding carboxylic acids is 1. The number of hydrogen-bond donors (Lipinski definition) is 1. The second-order valence-corrected chi connectivity index (χ2v) is 7.89. The first-order chi connectivity index (χ1) is 14.4. The third kappa shape index (κ3) is 3.39. The minimum Gasteiger partial charge on any atom is -0.477 e. The van der Waals surface area contributed by atoms with Crippen molar-refractivity contribution in [3.8, 4) is 0 Å². The number of carbonyl (C=O) groups is 2. The van der Waals surface area contributed by atoms with E-state index in [0.717, 1.165) is 34.0 Å². The molecule has 1 N–H and O–H groups in total. The molecule has 1 aliphatic rings. The molecule has 3 aromatic rings. The molecule has 0 fully saturated rings. The van der Waals surface area contributed by atoms with E-state index >= 15 is 0 Å². The number of Topliss-reactive ketones (excluding diaryl/α,β-unsaturated/α-hetero) is 1. The van der Waals surface area contributed by atoms with Gasteiger partial charge in [0, 0.05) is 35.0 Å². The van der Waals surface area contributed by atoms with E-state index in [1.807, 2.05) is 48.8 Å². The minimum absolute atomic E-state index is 0.0486. The van der Waals surface area contributed by atoms with Gasteiger partial charge in [-0.3, -0.25) is 4.79 Å². The smallest absolute Gasteiger partial charge is 0.353 e. The van der Waals surface area contributed by atoms with Gasteiger partial charge in [-0.2, -0.15) is 0 Å². The number of benzene rings is 2. The highest BCUT2D eigenvalue weighted by molar-refractivity contribution is 6.27. The third-order valence-corrected chi connectivity index (χ3v) is 5.84. The molecule has 4 nitrogen and oxygen atoms in total. The fourth-order valence-corrected chi connectivity index (χ4v) is 4.24. The van der Waals surface area contributed by atoms with Crippen molar-refractivity contribution in [2.75, 3.05) is 0 Å². The average molecular weight is 399 g/mol. The molecule has 1 aromatic heterocycles. The van der Waals surface area contributed by atoms with Crippen molar-refractivity contribution >= 4 is 28.2 Å². The molecule has 0 saturated heterocycles. The lowest BCUT2D eigenvalue weighted by molar-refractivity contribution is -0.113.